The number of hydrogen-bond donors (Lipinski definition) is 1. The standard InChI is InChI=1S/C23H25N3O4S/c1-5-29-21(28)14-10-12-15(13-11-14)26-22(31)24-19-16-8-6-7-9-17(16)30-23(26,2)18(19)20(27)25(3)4/h6-13,18-19H,5H2,1-4H3,(H,24,31)/t18-,19+,23+/m1/s1. The molecular weight excluding hydrogens is 414 g/mol. The van der Waals surface area contributed by atoms with E-state index in [2.05, 4.69) is 5.32 Å². The van der Waals surface area contributed by atoms with Crippen molar-refractivity contribution in [2.24, 2.45) is 5.92 Å². The molecule has 4 rings (SSSR count). The molecule has 2 aliphatic heterocycles. The molecule has 2 heterocycles. The van der Waals surface area contributed by atoms with Crippen LogP contribution < -0.4 is 15.0 Å². The SMILES string of the molecule is CCOC(=O)c1ccc(N2C(=S)N[C@H]3c4ccccc4O[C@@]2(C)[C@H]3C(=O)N(C)C)cc1. The number of amides is 1. The molecule has 7 nitrogen and oxygen atoms in total. The molecule has 0 radical (unpaired) electrons. The third-order valence-corrected chi connectivity index (χ3v) is 6.05. The van der Waals surface area contributed by atoms with Crippen molar-refractivity contribution in [3.05, 3.63) is 59.7 Å². The number of esters is 1. The van der Waals surface area contributed by atoms with E-state index in [1.807, 2.05) is 36.1 Å². The van der Waals surface area contributed by atoms with Gasteiger partial charge in [0, 0.05) is 25.3 Å². The van der Waals surface area contributed by atoms with Gasteiger partial charge in [0.15, 0.2) is 10.8 Å². The molecule has 0 spiro atoms. The normalized spacial score (nSPS) is 23.9. The van der Waals surface area contributed by atoms with Crippen LogP contribution in [-0.4, -0.2) is 48.3 Å². The van der Waals surface area contributed by atoms with E-state index in [0.717, 1.165) is 5.56 Å². The van der Waals surface area contributed by atoms with Crippen LogP contribution in [0.3, 0.4) is 0 Å². The molecule has 1 fully saturated rings. The summed E-state index contributed by atoms with van der Waals surface area (Å²) in [5.74, 6) is -0.289. The quantitative estimate of drug-likeness (QED) is 0.580. The minimum Gasteiger partial charge on any atom is -0.467 e. The Kier molecular flexibility index (Phi) is 5.35. The van der Waals surface area contributed by atoms with Crippen molar-refractivity contribution < 1.29 is 19.1 Å². The number of rotatable bonds is 4. The summed E-state index contributed by atoms with van der Waals surface area (Å²) in [5.41, 5.74) is 0.997. The van der Waals surface area contributed by atoms with Gasteiger partial charge < -0.3 is 19.7 Å². The monoisotopic (exact) mass is 439 g/mol. The second kappa shape index (κ2) is 7.85. The number of ether oxygens (including phenoxy) is 2. The molecule has 3 atom stereocenters. The van der Waals surface area contributed by atoms with Crippen molar-refractivity contribution in [1.29, 1.82) is 0 Å². The van der Waals surface area contributed by atoms with Crippen LogP contribution >= 0.6 is 12.2 Å². The van der Waals surface area contributed by atoms with Gasteiger partial charge in [0.25, 0.3) is 0 Å². The summed E-state index contributed by atoms with van der Waals surface area (Å²) in [6, 6.07) is 14.3. The molecule has 8 heteroatoms. The topological polar surface area (TPSA) is 71.1 Å². The lowest BCUT2D eigenvalue weighted by Gasteiger charge is -2.56. The molecule has 0 aromatic heterocycles. The van der Waals surface area contributed by atoms with Crippen molar-refractivity contribution in [2.75, 3.05) is 25.6 Å². The number of fused-ring (bicyclic) bond motifs is 4. The van der Waals surface area contributed by atoms with E-state index < -0.39 is 11.6 Å². The van der Waals surface area contributed by atoms with Crippen molar-refractivity contribution in [1.82, 2.24) is 10.2 Å². The third kappa shape index (κ3) is 3.40. The summed E-state index contributed by atoms with van der Waals surface area (Å²) < 4.78 is 11.6. The number of hydrogen-bond acceptors (Lipinski definition) is 5. The number of anilines is 1. The van der Waals surface area contributed by atoms with Gasteiger partial charge >= 0.3 is 5.97 Å². The third-order valence-electron chi connectivity index (χ3n) is 5.75. The minimum absolute atomic E-state index is 0.0647. The Bertz CT molecular complexity index is 1040. The van der Waals surface area contributed by atoms with E-state index in [0.29, 0.717) is 28.7 Å². The van der Waals surface area contributed by atoms with Crippen LogP contribution in [-0.2, 0) is 9.53 Å². The number of carbonyl (C=O) groups is 2. The van der Waals surface area contributed by atoms with Crippen LogP contribution in [0.25, 0.3) is 0 Å². The number of para-hydroxylation sites is 1. The van der Waals surface area contributed by atoms with Gasteiger partial charge in [-0.1, -0.05) is 18.2 Å². The number of thiocarbonyl (C=S) groups is 1. The summed E-state index contributed by atoms with van der Waals surface area (Å²) in [7, 11) is 3.47. The highest BCUT2D eigenvalue weighted by molar-refractivity contribution is 7.80. The van der Waals surface area contributed by atoms with Crippen molar-refractivity contribution in [3.63, 3.8) is 0 Å². The Hall–Kier alpha value is -3.13. The van der Waals surface area contributed by atoms with Gasteiger partial charge in [-0.15, -0.1) is 0 Å². The first-order chi connectivity index (χ1) is 14.8. The molecule has 162 valence electrons. The molecule has 0 aliphatic carbocycles. The van der Waals surface area contributed by atoms with Gasteiger partial charge in [0.05, 0.1) is 18.2 Å². The fraction of sp³-hybridized carbons (Fsp3) is 0.348. The summed E-state index contributed by atoms with van der Waals surface area (Å²) in [5, 5.41) is 3.81. The molecular formula is C23H25N3O4S. The van der Waals surface area contributed by atoms with Gasteiger partial charge in [0.1, 0.15) is 11.7 Å². The van der Waals surface area contributed by atoms with Crippen LogP contribution in [0.15, 0.2) is 48.5 Å². The summed E-state index contributed by atoms with van der Waals surface area (Å²) >= 11 is 5.71. The molecule has 2 aromatic carbocycles. The van der Waals surface area contributed by atoms with Crippen molar-refractivity contribution in [2.45, 2.75) is 25.6 Å². The average molecular weight is 440 g/mol. The predicted molar refractivity (Wildman–Crippen MR) is 121 cm³/mol. The molecule has 1 N–H and O–H groups in total. The molecule has 2 aliphatic rings. The molecule has 2 bridgehead atoms. The zero-order valence-electron chi connectivity index (χ0n) is 17.9. The van der Waals surface area contributed by atoms with E-state index in [4.69, 9.17) is 21.7 Å². The van der Waals surface area contributed by atoms with E-state index in [-0.39, 0.29) is 17.9 Å². The number of benzene rings is 2. The first kappa shape index (κ1) is 21.1. The van der Waals surface area contributed by atoms with Gasteiger partial charge in [-0.25, -0.2) is 4.79 Å². The highest BCUT2D eigenvalue weighted by atomic mass is 32.1. The lowest BCUT2D eigenvalue weighted by Crippen LogP contribution is -2.72. The maximum Gasteiger partial charge on any atom is 0.338 e. The predicted octanol–water partition coefficient (Wildman–Crippen LogP) is 3.11. The maximum atomic E-state index is 13.3. The second-order valence-electron chi connectivity index (χ2n) is 7.93. The minimum atomic E-state index is -1.06. The van der Waals surface area contributed by atoms with E-state index in [9.17, 15) is 9.59 Å². The molecule has 31 heavy (non-hydrogen) atoms. The zero-order valence-corrected chi connectivity index (χ0v) is 18.7. The van der Waals surface area contributed by atoms with Crippen molar-refractivity contribution in [3.8, 4) is 5.75 Å². The fourth-order valence-electron chi connectivity index (χ4n) is 4.33. The molecule has 0 unspecified atom stereocenters. The second-order valence-corrected chi connectivity index (χ2v) is 8.32. The molecule has 1 saturated heterocycles. The van der Waals surface area contributed by atoms with Crippen LogP contribution in [0.1, 0.15) is 35.8 Å². The Labute approximate surface area is 186 Å². The lowest BCUT2D eigenvalue weighted by atomic mass is 9.78. The number of nitrogens with one attached hydrogen (secondary N) is 1. The van der Waals surface area contributed by atoms with E-state index in [1.165, 1.54) is 0 Å². The maximum absolute atomic E-state index is 13.3. The Morgan fingerprint density at radius 2 is 1.87 bits per heavy atom. The zero-order chi connectivity index (χ0) is 22.3. The smallest absolute Gasteiger partial charge is 0.338 e. The highest BCUT2D eigenvalue weighted by Crippen LogP contribution is 2.49. The Morgan fingerprint density at radius 3 is 2.52 bits per heavy atom. The number of carbonyl (C=O) groups excluding carboxylic acids is 2. The van der Waals surface area contributed by atoms with E-state index >= 15 is 0 Å². The Morgan fingerprint density at radius 1 is 1.19 bits per heavy atom. The highest BCUT2D eigenvalue weighted by Gasteiger charge is 2.59. The molecule has 2 aromatic rings. The summed E-state index contributed by atoms with van der Waals surface area (Å²) in [6.45, 7) is 3.96. The first-order valence-electron chi connectivity index (χ1n) is 10.1. The van der Waals surface area contributed by atoms with Crippen molar-refractivity contribution >= 4 is 34.9 Å². The van der Waals surface area contributed by atoms with Crippen LogP contribution in [0.5, 0.6) is 5.75 Å². The Balaban J connectivity index is 1.80. The molecule has 0 saturated carbocycles. The summed E-state index contributed by atoms with van der Waals surface area (Å²) in [6.07, 6.45) is 0. The summed E-state index contributed by atoms with van der Waals surface area (Å²) in [4.78, 5) is 28.7. The number of nitrogens with zero attached hydrogens (tertiary/aromatic N) is 2. The largest absolute Gasteiger partial charge is 0.467 e. The van der Waals surface area contributed by atoms with Gasteiger partial charge in [-0.2, -0.15) is 0 Å². The lowest BCUT2D eigenvalue weighted by molar-refractivity contribution is -0.144. The van der Waals surface area contributed by atoms with Gasteiger partial charge in [-0.05, 0) is 56.4 Å². The van der Waals surface area contributed by atoms with Crippen LogP contribution in [0.2, 0.25) is 0 Å². The van der Waals surface area contributed by atoms with Crippen LogP contribution in [0, 0.1) is 5.92 Å². The van der Waals surface area contributed by atoms with Gasteiger partial charge in [-0.3, -0.25) is 9.69 Å². The van der Waals surface area contributed by atoms with E-state index in [1.54, 1.807) is 50.2 Å². The van der Waals surface area contributed by atoms with Gasteiger partial charge in [0.2, 0.25) is 5.91 Å². The molecule has 1 amide bonds. The van der Waals surface area contributed by atoms with Crippen LogP contribution in [0.4, 0.5) is 5.69 Å². The first-order valence-corrected chi connectivity index (χ1v) is 10.6. The fourth-order valence-corrected chi connectivity index (χ4v) is 4.75. The average Bonchev–Trinajstić information content (AvgIpc) is 2.73.